The Kier molecular flexibility index (Phi) is 29.8. The highest BCUT2D eigenvalue weighted by molar-refractivity contribution is 6.12. The van der Waals surface area contributed by atoms with Crippen LogP contribution in [0.3, 0.4) is 0 Å². The summed E-state index contributed by atoms with van der Waals surface area (Å²) in [7, 11) is 0. The molecule has 105 heavy (non-hydrogen) atoms. The lowest BCUT2D eigenvalue weighted by Crippen LogP contribution is -2.44. The van der Waals surface area contributed by atoms with E-state index in [-0.39, 0.29) is 57.3 Å². The standard InChI is InChI=1S/C83H74N2O20/c1-5-55-25-29-59(30-26-55)41-75(90)67-17-9-13-21-71(67)79(94)102-47-63(86)43-98-51-83(52-99-44-64(87)48-103-80(95)72-22-14-10-18-68(72)76(91)42-60-31-27-56(6-2)28-32-60,53-100-45-65(88)49-104-81(96)73-23-15-11-19-69(73)77(92)84-61-37-33-57(7-3)34-38-61)54-101-46-66(89)50-105-82(97)74-24-16-12-20-70(74)78(93)85-62-39-35-58(8-4)36-40-62/h1-4,9-40,63-66,86-89H,41-54H2,(H,84,92)(H,85,93). The van der Waals surface area contributed by atoms with Crippen molar-refractivity contribution in [1.82, 2.24) is 0 Å². The van der Waals surface area contributed by atoms with Gasteiger partial charge in [0.05, 0.1) is 91.7 Å². The molecule has 0 radical (unpaired) electrons. The Morgan fingerprint density at radius 3 is 0.800 bits per heavy atom. The lowest BCUT2D eigenvalue weighted by Gasteiger charge is -2.34. The maximum absolute atomic E-state index is 13.6. The Labute approximate surface area is 606 Å². The van der Waals surface area contributed by atoms with Gasteiger partial charge in [0.2, 0.25) is 0 Å². The van der Waals surface area contributed by atoms with Crippen molar-refractivity contribution in [2.75, 3.05) is 89.9 Å². The molecule has 2 amide bonds. The molecule has 0 aromatic heterocycles. The van der Waals surface area contributed by atoms with Gasteiger partial charge in [-0.15, -0.1) is 25.7 Å². The van der Waals surface area contributed by atoms with Gasteiger partial charge in [-0.2, -0.15) is 0 Å². The Balaban J connectivity index is 0.967. The smallest absolute Gasteiger partial charge is 0.339 e. The maximum Gasteiger partial charge on any atom is 0.339 e. The van der Waals surface area contributed by atoms with Crippen LogP contribution in [0.15, 0.2) is 194 Å². The first-order chi connectivity index (χ1) is 50.8. The number of ether oxygens (including phenoxy) is 8. The van der Waals surface area contributed by atoms with Crippen LogP contribution in [0.5, 0.6) is 0 Å². The quantitative estimate of drug-likeness (QED) is 0.00919. The molecule has 6 N–H and O–H groups in total. The SMILES string of the molecule is C#Cc1ccc(CC(=O)c2ccccc2C(=O)OCC(O)COCC(COCC(O)COC(=O)c2ccccc2C(=O)Cc2ccc(C#C)cc2)(COCC(O)COC(=O)c2ccccc2C(=O)Nc2ccc(C#C)cc2)COCC(O)COC(=O)c2ccccc2C(=O)Nc2ccc(C#C)cc2)cc1. The molecule has 0 heterocycles. The topological polar surface area (TPSA) is 315 Å². The number of ketones is 2. The molecule has 4 atom stereocenters. The first-order valence-electron chi connectivity index (χ1n) is 32.8. The molecule has 0 saturated carbocycles. The van der Waals surface area contributed by atoms with Crippen LogP contribution in [0, 0.1) is 54.8 Å². The van der Waals surface area contributed by atoms with Crippen molar-refractivity contribution in [2.24, 2.45) is 5.41 Å². The van der Waals surface area contributed by atoms with Crippen LogP contribution < -0.4 is 10.6 Å². The van der Waals surface area contributed by atoms with Gasteiger partial charge in [-0.3, -0.25) is 19.2 Å². The number of amides is 2. The highest BCUT2D eigenvalue weighted by Crippen LogP contribution is 2.25. The number of carbonyl (C=O) groups excluding carboxylic acids is 8. The molecular weight excluding hydrogens is 1340 g/mol. The number of nitrogens with one attached hydrogen (secondary N) is 2. The summed E-state index contributed by atoms with van der Waals surface area (Å²) in [6.07, 6.45) is 15.7. The summed E-state index contributed by atoms with van der Waals surface area (Å²) in [6.45, 7) is -6.70. The minimum absolute atomic E-state index is 0.0436. The molecule has 22 nitrogen and oxygen atoms in total. The number of benzene rings is 8. The van der Waals surface area contributed by atoms with Gasteiger partial charge in [0.15, 0.2) is 11.6 Å². The molecule has 8 aromatic rings. The van der Waals surface area contributed by atoms with Crippen molar-refractivity contribution in [3.05, 3.63) is 272 Å². The lowest BCUT2D eigenvalue weighted by atomic mass is 9.92. The monoisotopic (exact) mass is 1420 g/mol. The number of aliphatic hydroxyl groups is 4. The van der Waals surface area contributed by atoms with E-state index in [1.165, 1.54) is 72.8 Å². The number of anilines is 2. The second-order valence-electron chi connectivity index (χ2n) is 24.0. The van der Waals surface area contributed by atoms with Crippen molar-refractivity contribution < 1.29 is 96.7 Å². The van der Waals surface area contributed by atoms with Gasteiger partial charge in [-0.1, -0.05) is 109 Å². The number of hydrogen-bond acceptors (Lipinski definition) is 20. The molecule has 0 bridgehead atoms. The maximum atomic E-state index is 13.6. The van der Waals surface area contributed by atoms with E-state index >= 15 is 0 Å². The largest absolute Gasteiger partial charge is 0.459 e. The molecule has 8 rings (SSSR count). The predicted octanol–water partition coefficient (Wildman–Crippen LogP) is 8.19. The first-order valence-corrected chi connectivity index (χ1v) is 32.8. The van der Waals surface area contributed by atoms with Crippen LogP contribution in [0.25, 0.3) is 0 Å². The van der Waals surface area contributed by atoms with Crippen LogP contribution >= 0.6 is 0 Å². The van der Waals surface area contributed by atoms with Crippen molar-refractivity contribution in [1.29, 1.82) is 0 Å². The number of aliphatic hydroxyl groups excluding tert-OH is 4. The van der Waals surface area contributed by atoms with Crippen molar-refractivity contribution in [3.8, 4) is 49.4 Å². The molecule has 22 heteroatoms. The fourth-order valence-electron chi connectivity index (χ4n) is 10.3. The zero-order valence-corrected chi connectivity index (χ0v) is 56.8. The van der Waals surface area contributed by atoms with Gasteiger partial charge in [0, 0.05) is 57.6 Å². The van der Waals surface area contributed by atoms with Crippen LogP contribution in [0.4, 0.5) is 11.4 Å². The zero-order chi connectivity index (χ0) is 75.1. The molecule has 0 saturated heterocycles. The normalized spacial score (nSPS) is 12.5. The van der Waals surface area contributed by atoms with E-state index in [1.807, 2.05) is 0 Å². The van der Waals surface area contributed by atoms with E-state index in [1.54, 1.807) is 121 Å². The molecule has 4 unspecified atom stereocenters. The van der Waals surface area contributed by atoms with Crippen molar-refractivity contribution in [3.63, 3.8) is 0 Å². The molecule has 0 aliphatic heterocycles. The van der Waals surface area contributed by atoms with E-state index in [2.05, 4.69) is 34.3 Å². The van der Waals surface area contributed by atoms with Gasteiger partial charge in [0.1, 0.15) is 50.8 Å². The van der Waals surface area contributed by atoms with Gasteiger partial charge in [0.25, 0.3) is 11.8 Å². The highest BCUT2D eigenvalue weighted by atomic mass is 16.6. The van der Waals surface area contributed by atoms with Crippen molar-refractivity contribution >= 4 is 58.6 Å². The predicted molar refractivity (Wildman–Crippen MR) is 386 cm³/mol. The fraction of sp³-hybridized carbons (Fsp3) is 0.229. The Bertz CT molecular complexity index is 3950. The summed E-state index contributed by atoms with van der Waals surface area (Å²) in [5.74, 6) is 4.13. The first kappa shape index (κ1) is 78.6. The van der Waals surface area contributed by atoms with E-state index in [0.29, 0.717) is 44.8 Å². The summed E-state index contributed by atoms with van der Waals surface area (Å²) in [6, 6.07) is 50.0. The molecule has 0 aliphatic rings. The number of esters is 4. The van der Waals surface area contributed by atoms with Gasteiger partial charge in [-0.25, -0.2) is 19.2 Å². The van der Waals surface area contributed by atoms with Crippen LogP contribution in [-0.2, 0) is 50.7 Å². The molecule has 8 aromatic carbocycles. The third-order valence-electron chi connectivity index (χ3n) is 15.8. The van der Waals surface area contributed by atoms with Gasteiger partial charge >= 0.3 is 23.9 Å². The number of Topliss-reactive ketones (excluding diaryl/α,β-unsaturated/α-hetero) is 2. The van der Waals surface area contributed by atoms with Crippen LogP contribution in [0.2, 0.25) is 0 Å². The molecule has 0 aliphatic carbocycles. The molecule has 536 valence electrons. The average molecular weight is 1420 g/mol. The number of rotatable bonds is 38. The lowest BCUT2D eigenvalue weighted by molar-refractivity contribution is -0.137. The van der Waals surface area contributed by atoms with Crippen molar-refractivity contribution in [2.45, 2.75) is 37.3 Å². The highest BCUT2D eigenvalue weighted by Gasteiger charge is 2.35. The van der Waals surface area contributed by atoms with Crippen LogP contribution in [-0.4, -0.2) is 171 Å². The minimum Gasteiger partial charge on any atom is -0.459 e. The fourth-order valence-corrected chi connectivity index (χ4v) is 10.3. The van der Waals surface area contributed by atoms with Gasteiger partial charge in [-0.05, 0) is 120 Å². The van der Waals surface area contributed by atoms with E-state index < -0.39 is 156 Å². The molecule has 0 fully saturated rings. The summed E-state index contributed by atoms with van der Waals surface area (Å²) < 4.78 is 46.2. The average Bonchev–Trinajstić information content (AvgIpc) is 0.843. The zero-order valence-electron chi connectivity index (χ0n) is 56.8. The number of hydrogen-bond donors (Lipinski definition) is 6. The molecular formula is C83H74N2O20. The second-order valence-corrected chi connectivity index (χ2v) is 24.0. The summed E-state index contributed by atoms with van der Waals surface area (Å²) in [5, 5.41) is 50.5. The Morgan fingerprint density at radius 2 is 0.543 bits per heavy atom. The molecule has 0 spiro atoms. The Hall–Kier alpha value is -12.2. The van der Waals surface area contributed by atoms with E-state index in [9.17, 15) is 58.8 Å². The second kappa shape index (κ2) is 39.9. The van der Waals surface area contributed by atoms with E-state index in [4.69, 9.17) is 63.6 Å². The minimum atomic E-state index is -1.58. The summed E-state index contributed by atoms with van der Waals surface area (Å²) >= 11 is 0. The number of terminal acetylenes is 4. The number of carbonyl (C=O) groups is 8. The third-order valence-corrected chi connectivity index (χ3v) is 15.8. The van der Waals surface area contributed by atoms with Crippen LogP contribution in [0.1, 0.15) is 116 Å². The summed E-state index contributed by atoms with van der Waals surface area (Å²) in [5.41, 5.74) is 2.53. The third kappa shape index (κ3) is 24.0. The van der Waals surface area contributed by atoms with E-state index in [0.717, 1.165) is 0 Å². The Morgan fingerprint density at radius 1 is 0.314 bits per heavy atom. The summed E-state index contributed by atoms with van der Waals surface area (Å²) in [4.78, 5) is 108. The van der Waals surface area contributed by atoms with Gasteiger partial charge < -0.3 is 69.0 Å².